The zero-order valence-electron chi connectivity index (χ0n) is 11.9. The van der Waals surface area contributed by atoms with Crippen molar-refractivity contribution in [1.82, 2.24) is 4.98 Å². The van der Waals surface area contributed by atoms with Crippen LogP contribution in [-0.4, -0.2) is 15.4 Å². The molecule has 1 unspecified atom stereocenters. The summed E-state index contributed by atoms with van der Waals surface area (Å²) in [5.41, 5.74) is 3.72. The number of H-pyrrole nitrogens is 1. The van der Waals surface area contributed by atoms with Crippen LogP contribution in [-0.2, 0) is 6.42 Å². The van der Waals surface area contributed by atoms with Gasteiger partial charge >= 0.3 is 0 Å². The van der Waals surface area contributed by atoms with Gasteiger partial charge in [-0.1, -0.05) is 58.4 Å². The number of aliphatic hydroxyl groups is 1. The third kappa shape index (κ3) is 2.98. The van der Waals surface area contributed by atoms with Crippen molar-refractivity contribution in [2.24, 2.45) is 0 Å². The SMILES string of the molecule is O=c1ccc2c(C(O)CBr)ccc(Cc3ccccc3)c2[nH]1. The van der Waals surface area contributed by atoms with Gasteiger partial charge in [-0.25, -0.2) is 0 Å². The Bertz CT molecular complexity index is 843. The summed E-state index contributed by atoms with van der Waals surface area (Å²) in [6.45, 7) is 0. The van der Waals surface area contributed by atoms with Crippen molar-refractivity contribution < 1.29 is 5.11 Å². The maximum atomic E-state index is 11.7. The summed E-state index contributed by atoms with van der Waals surface area (Å²) in [5.74, 6) is 0. The Hall–Kier alpha value is -1.91. The molecule has 2 aromatic carbocycles. The van der Waals surface area contributed by atoms with E-state index in [4.69, 9.17) is 0 Å². The van der Waals surface area contributed by atoms with Crippen LogP contribution in [0.4, 0.5) is 0 Å². The van der Waals surface area contributed by atoms with E-state index in [1.54, 1.807) is 6.07 Å². The molecule has 0 saturated carbocycles. The van der Waals surface area contributed by atoms with Crippen LogP contribution in [0.3, 0.4) is 0 Å². The molecule has 0 bridgehead atoms. The molecule has 0 saturated heterocycles. The van der Waals surface area contributed by atoms with Crippen molar-refractivity contribution in [2.75, 3.05) is 5.33 Å². The van der Waals surface area contributed by atoms with Crippen molar-refractivity contribution in [3.05, 3.63) is 81.6 Å². The lowest BCUT2D eigenvalue weighted by Crippen LogP contribution is -2.08. The molecular formula is C18H16BrNO2. The molecule has 2 N–H and O–H groups in total. The van der Waals surface area contributed by atoms with Crippen molar-refractivity contribution in [1.29, 1.82) is 0 Å². The number of aliphatic hydroxyl groups excluding tert-OH is 1. The highest BCUT2D eigenvalue weighted by Crippen LogP contribution is 2.27. The number of aromatic amines is 1. The Morgan fingerprint density at radius 1 is 1.05 bits per heavy atom. The zero-order chi connectivity index (χ0) is 15.5. The number of benzene rings is 2. The molecule has 1 aromatic heterocycles. The fourth-order valence-corrected chi connectivity index (χ4v) is 3.02. The third-order valence-electron chi connectivity index (χ3n) is 3.76. The molecule has 0 radical (unpaired) electrons. The molecule has 0 amide bonds. The summed E-state index contributed by atoms with van der Waals surface area (Å²) in [5, 5.41) is 11.5. The summed E-state index contributed by atoms with van der Waals surface area (Å²) in [4.78, 5) is 14.6. The molecule has 1 atom stereocenters. The lowest BCUT2D eigenvalue weighted by Gasteiger charge is -2.14. The molecule has 3 rings (SSSR count). The highest BCUT2D eigenvalue weighted by Gasteiger charge is 2.13. The van der Waals surface area contributed by atoms with E-state index >= 15 is 0 Å². The molecule has 4 heteroatoms. The number of alkyl halides is 1. The van der Waals surface area contributed by atoms with Gasteiger partial charge in [0.25, 0.3) is 0 Å². The predicted molar refractivity (Wildman–Crippen MR) is 92.6 cm³/mol. The normalized spacial score (nSPS) is 12.5. The molecular weight excluding hydrogens is 342 g/mol. The first-order chi connectivity index (χ1) is 10.7. The van der Waals surface area contributed by atoms with Gasteiger partial charge in [0, 0.05) is 16.8 Å². The van der Waals surface area contributed by atoms with Crippen LogP contribution >= 0.6 is 15.9 Å². The molecule has 112 valence electrons. The van der Waals surface area contributed by atoms with E-state index in [2.05, 4.69) is 33.0 Å². The Morgan fingerprint density at radius 2 is 1.82 bits per heavy atom. The van der Waals surface area contributed by atoms with Crippen LogP contribution in [0.25, 0.3) is 10.9 Å². The quantitative estimate of drug-likeness (QED) is 0.701. The minimum absolute atomic E-state index is 0.132. The van der Waals surface area contributed by atoms with Crippen LogP contribution in [0.15, 0.2) is 59.4 Å². The van der Waals surface area contributed by atoms with Crippen LogP contribution in [0, 0.1) is 0 Å². The molecule has 0 spiro atoms. The summed E-state index contributed by atoms with van der Waals surface area (Å²) in [7, 11) is 0. The molecule has 0 fully saturated rings. The minimum atomic E-state index is -0.598. The van der Waals surface area contributed by atoms with Crippen LogP contribution < -0.4 is 5.56 Å². The lowest BCUT2D eigenvalue weighted by molar-refractivity contribution is 0.207. The molecule has 1 heterocycles. The molecule has 3 nitrogen and oxygen atoms in total. The molecule has 0 aliphatic carbocycles. The van der Waals surface area contributed by atoms with Gasteiger partial charge in [-0.2, -0.15) is 0 Å². The fourth-order valence-electron chi connectivity index (χ4n) is 2.67. The summed E-state index contributed by atoms with van der Waals surface area (Å²) >= 11 is 3.30. The Labute approximate surface area is 136 Å². The maximum absolute atomic E-state index is 11.7. The highest BCUT2D eigenvalue weighted by molar-refractivity contribution is 9.09. The second-order valence-corrected chi connectivity index (χ2v) is 5.91. The van der Waals surface area contributed by atoms with Crippen molar-refractivity contribution in [2.45, 2.75) is 12.5 Å². The molecule has 0 aliphatic rings. The summed E-state index contributed by atoms with van der Waals surface area (Å²) < 4.78 is 0. The zero-order valence-corrected chi connectivity index (χ0v) is 13.5. The van der Waals surface area contributed by atoms with Crippen molar-refractivity contribution >= 4 is 26.8 Å². The molecule has 22 heavy (non-hydrogen) atoms. The van der Waals surface area contributed by atoms with Crippen molar-refractivity contribution in [3.63, 3.8) is 0 Å². The van der Waals surface area contributed by atoms with Crippen LogP contribution in [0.2, 0.25) is 0 Å². The average molecular weight is 358 g/mol. The number of rotatable bonds is 4. The van der Waals surface area contributed by atoms with Gasteiger partial charge in [0.15, 0.2) is 0 Å². The number of nitrogens with one attached hydrogen (secondary N) is 1. The fraction of sp³-hybridized carbons (Fsp3) is 0.167. The number of halogens is 1. The van der Waals surface area contributed by atoms with Gasteiger partial charge in [0.05, 0.1) is 11.6 Å². The number of hydrogen-bond acceptors (Lipinski definition) is 2. The third-order valence-corrected chi connectivity index (χ3v) is 4.37. The Kier molecular flexibility index (Phi) is 4.41. The van der Waals surface area contributed by atoms with E-state index in [0.29, 0.717) is 5.33 Å². The lowest BCUT2D eigenvalue weighted by atomic mass is 9.97. The van der Waals surface area contributed by atoms with Crippen LogP contribution in [0.1, 0.15) is 22.8 Å². The number of aromatic nitrogens is 1. The number of fused-ring (bicyclic) bond motifs is 1. The highest BCUT2D eigenvalue weighted by atomic mass is 79.9. The Morgan fingerprint density at radius 3 is 2.55 bits per heavy atom. The van der Waals surface area contributed by atoms with E-state index in [1.165, 1.54) is 11.6 Å². The maximum Gasteiger partial charge on any atom is 0.248 e. The number of hydrogen-bond donors (Lipinski definition) is 2. The largest absolute Gasteiger partial charge is 0.388 e. The standard InChI is InChI=1S/C18H16BrNO2/c19-11-16(21)14-7-6-13(10-12-4-2-1-3-5-12)18-15(14)8-9-17(22)20-18/h1-9,16,21H,10-11H2,(H,20,22). The monoisotopic (exact) mass is 357 g/mol. The van der Waals surface area contributed by atoms with Gasteiger partial charge < -0.3 is 10.1 Å². The Balaban J connectivity index is 2.15. The first-order valence-electron chi connectivity index (χ1n) is 7.12. The van der Waals surface area contributed by atoms with E-state index in [1.807, 2.05) is 30.3 Å². The van der Waals surface area contributed by atoms with E-state index in [9.17, 15) is 9.90 Å². The predicted octanol–water partition coefficient (Wildman–Crippen LogP) is 3.55. The average Bonchev–Trinajstić information content (AvgIpc) is 2.55. The summed E-state index contributed by atoms with van der Waals surface area (Å²) in [6.07, 6.45) is 0.140. The first kappa shape index (κ1) is 15.0. The van der Waals surface area contributed by atoms with E-state index < -0.39 is 6.10 Å². The van der Waals surface area contributed by atoms with Gasteiger partial charge in [-0.15, -0.1) is 0 Å². The van der Waals surface area contributed by atoms with E-state index in [0.717, 1.165) is 28.5 Å². The molecule has 3 aromatic rings. The van der Waals surface area contributed by atoms with Gasteiger partial charge in [-0.3, -0.25) is 4.79 Å². The first-order valence-corrected chi connectivity index (χ1v) is 8.24. The van der Waals surface area contributed by atoms with Crippen LogP contribution in [0.5, 0.6) is 0 Å². The second kappa shape index (κ2) is 6.46. The smallest absolute Gasteiger partial charge is 0.248 e. The van der Waals surface area contributed by atoms with Crippen molar-refractivity contribution in [3.8, 4) is 0 Å². The minimum Gasteiger partial charge on any atom is -0.388 e. The summed E-state index contributed by atoms with van der Waals surface area (Å²) in [6, 6.07) is 17.3. The topological polar surface area (TPSA) is 53.1 Å². The van der Waals surface area contributed by atoms with Gasteiger partial charge in [-0.05, 0) is 29.2 Å². The number of pyridine rings is 1. The van der Waals surface area contributed by atoms with Gasteiger partial charge in [0.1, 0.15) is 0 Å². The van der Waals surface area contributed by atoms with Gasteiger partial charge in [0.2, 0.25) is 5.56 Å². The second-order valence-electron chi connectivity index (χ2n) is 5.26. The van der Waals surface area contributed by atoms with E-state index in [-0.39, 0.29) is 5.56 Å². The molecule has 0 aliphatic heterocycles.